The van der Waals surface area contributed by atoms with E-state index in [1.807, 2.05) is 5.92 Å². The first-order valence-corrected chi connectivity index (χ1v) is 4.60. The molecule has 0 spiro atoms. The summed E-state index contributed by atoms with van der Waals surface area (Å²) in [6.07, 6.45) is -4.65. The average Bonchev–Trinajstić information content (AvgIpc) is 2.34. The smallest absolute Gasteiger partial charge is 0.417 e. The number of rotatable bonds is 0. The Morgan fingerprint density at radius 3 is 2.56 bits per heavy atom. The van der Waals surface area contributed by atoms with Crippen molar-refractivity contribution < 1.29 is 22.7 Å². The van der Waals surface area contributed by atoms with E-state index in [9.17, 15) is 18.0 Å². The highest BCUT2D eigenvalue weighted by Gasteiger charge is 2.33. The van der Waals surface area contributed by atoms with Gasteiger partial charge in [0.25, 0.3) is 0 Å². The van der Waals surface area contributed by atoms with Crippen molar-refractivity contribution in [3.8, 4) is 17.9 Å². The fourth-order valence-electron chi connectivity index (χ4n) is 1.13. The molecule has 92 valence electrons. The maximum atomic E-state index is 12.7. The Labute approximate surface area is 101 Å². The van der Waals surface area contributed by atoms with Crippen LogP contribution >= 0.6 is 0 Å². The Bertz CT molecular complexity index is 574. The van der Waals surface area contributed by atoms with Crippen molar-refractivity contribution >= 4 is 5.97 Å². The molecule has 0 aromatic heterocycles. The van der Waals surface area contributed by atoms with Crippen LogP contribution in [0, 0.1) is 23.2 Å². The van der Waals surface area contributed by atoms with Crippen LogP contribution in [0.2, 0.25) is 0 Å². The first kappa shape index (κ1) is 13.6. The zero-order chi connectivity index (χ0) is 13.8. The van der Waals surface area contributed by atoms with E-state index >= 15 is 0 Å². The highest BCUT2D eigenvalue weighted by atomic mass is 19.4. The lowest BCUT2D eigenvalue weighted by atomic mass is 10.0. The van der Waals surface area contributed by atoms with E-state index in [1.165, 1.54) is 6.07 Å². The molecule has 0 aliphatic rings. The van der Waals surface area contributed by atoms with E-state index in [2.05, 4.69) is 10.7 Å². The van der Waals surface area contributed by atoms with Gasteiger partial charge in [0.2, 0.25) is 0 Å². The van der Waals surface area contributed by atoms with E-state index in [0.717, 1.165) is 13.2 Å². The van der Waals surface area contributed by atoms with Crippen molar-refractivity contribution in [2.24, 2.45) is 0 Å². The highest BCUT2D eigenvalue weighted by Crippen LogP contribution is 2.32. The quantitative estimate of drug-likeness (QED) is 0.525. The molecule has 1 aromatic rings. The molecule has 0 amide bonds. The number of benzene rings is 1. The molecule has 0 saturated carbocycles. The van der Waals surface area contributed by atoms with Gasteiger partial charge in [-0.15, -0.1) is 0 Å². The van der Waals surface area contributed by atoms with Crippen molar-refractivity contribution in [2.75, 3.05) is 7.11 Å². The maximum Gasteiger partial charge on any atom is 0.417 e. The number of esters is 1. The molecule has 6 heteroatoms. The predicted octanol–water partition coefficient (Wildman–Crippen LogP) is 2.10. The number of ether oxygens (including phenoxy) is 1. The number of nitrogens with zero attached hydrogens (tertiary/aromatic N) is 1. The average molecular weight is 253 g/mol. The van der Waals surface area contributed by atoms with Gasteiger partial charge in [-0.1, -0.05) is 5.92 Å². The third kappa shape index (κ3) is 3.26. The van der Waals surface area contributed by atoms with Crippen LogP contribution in [0.3, 0.4) is 0 Å². The molecule has 0 saturated heterocycles. The minimum Gasteiger partial charge on any atom is -0.459 e. The third-order valence-electron chi connectivity index (χ3n) is 1.94. The molecule has 0 unspecified atom stereocenters. The highest BCUT2D eigenvalue weighted by molar-refractivity contribution is 5.89. The monoisotopic (exact) mass is 253 g/mol. The first-order chi connectivity index (χ1) is 8.38. The van der Waals surface area contributed by atoms with Gasteiger partial charge >= 0.3 is 12.1 Å². The van der Waals surface area contributed by atoms with Gasteiger partial charge in [-0.2, -0.15) is 18.4 Å². The largest absolute Gasteiger partial charge is 0.459 e. The van der Waals surface area contributed by atoms with Crippen LogP contribution in [0.1, 0.15) is 16.7 Å². The Hall–Kier alpha value is -2.47. The van der Waals surface area contributed by atoms with Gasteiger partial charge < -0.3 is 4.74 Å². The van der Waals surface area contributed by atoms with Gasteiger partial charge in [0.1, 0.15) is 0 Å². The maximum absolute atomic E-state index is 12.7. The zero-order valence-electron chi connectivity index (χ0n) is 9.13. The lowest BCUT2D eigenvalue weighted by Gasteiger charge is -2.08. The van der Waals surface area contributed by atoms with Crippen LogP contribution in [-0.4, -0.2) is 13.1 Å². The Kier molecular flexibility index (Phi) is 3.96. The molecule has 0 heterocycles. The lowest BCUT2D eigenvalue weighted by Crippen LogP contribution is -2.08. The van der Waals surface area contributed by atoms with E-state index in [1.54, 1.807) is 6.07 Å². The van der Waals surface area contributed by atoms with Gasteiger partial charge in [0.05, 0.1) is 24.3 Å². The summed E-state index contributed by atoms with van der Waals surface area (Å²) >= 11 is 0. The second kappa shape index (κ2) is 5.24. The number of carbonyl (C=O) groups excluding carboxylic acids is 1. The van der Waals surface area contributed by atoms with Crippen molar-refractivity contribution in [3.05, 3.63) is 34.9 Å². The lowest BCUT2D eigenvalue weighted by molar-refractivity contribution is -0.138. The molecule has 0 fully saturated rings. The molecule has 0 bridgehead atoms. The second-order valence-electron chi connectivity index (χ2n) is 3.11. The molecule has 18 heavy (non-hydrogen) atoms. The summed E-state index contributed by atoms with van der Waals surface area (Å²) in [5.41, 5.74) is -1.57. The van der Waals surface area contributed by atoms with E-state index in [0.29, 0.717) is 6.07 Å². The van der Waals surface area contributed by atoms with Gasteiger partial charge in [0.15, 0.2) is 0 Å². The number of alkyl halides is 3. The van der Waals surface area contributed by atoms with Gasteiger partial charge in [0, 0.05) is 11.5 Å². The fourth-order valence-corrected chi connectivity index (χ4v) is 1.13. The predicted molar refractivity (Wildman–Crippen MR) is 55.1 cm³/mol. The van der Waals surface area contributed by atoms with Crippen LogP contribution in [0.25, 0.3) is 0 Å². The summed E-state index contributed by atoms with van der Waals surface area (Å²) in [6, 6.07) is 4.51. The molecule has 0 aliphatic carbocycles. The summed E-state index contributed by atoms with van der Waals surface area (Å²) < 4.78 is 42.2. The topological polar surface area (TPSA) is 50.1 Å². The minimum absolute atomic E-state index is 0.133. The van der Waals surface area contributed by atoms with Gasteiger partial charge in [-0.05, 0) is 18.2 Å². The summed E-state index contributed by atoms with van der Waals surface area (Å²) in [5, 5.41) is 8.55. The number of hydrogen-bond donors (Lipinski definition) is 0. The number of methoxy groups -OCH3 is 1. The summed E-state index contributed by atoms with van der Waals surface area (Å²) in [4.78, 5) is 10.7. The van der Waals surface area contributed by atoms with Crippen molar-refractivity contribution in [1.82, 2.24) is 0 Å². The molecular weight excluding hydrogens is 247 g/mol. The molecular formula is C12H6F3NO2. The first-order valence-electron chi connectivity index (χ1n) is 4.60. The molecule has 0 N–H and O–H groups in total. The molecule has 0 radical (unpaired) electrons. The van der Waals surface area contributed by atoms with E-state index < -0.39 is 17.7 Å². The normalized spacial score (nSPS) is 9.94. The summed E-state index contributed by atoms with van der Waals surface area (Å²) in [5.74, 6) is 3.03. The molecule has 0 aliphatic heterocycles. The number of carbonyl (C=O) groups is 1. The van der Waals surface area contributed by atoms with Gasteiger partial charge in [-0.25, -0.2) is 4.79 Å². The van der Waals surface area contributed by atoms with Crippen LogP contribution in [0.5, 0.6) is 0 Å². The molecule has 1 aromatic carbocycles. The molecule has 3 nitrogen and oxygen atoms in total. The second-order valence-corrected chi connectivity index (χ2v) is 3.11. The summed E-state index contributed by atoms with van der Waals surface area (Å²) in [7, 11) is 1.07. The van der Waals surface area contributed by atoms with Crippen molar-refractivity contribution in [3.63, 3.8) is 0 Å². The SMILES string of the molecule is COC(=O)C#Cc1ccc(C#N)cc1C(F)(F)F. The van der Waals surface area contributed by atoms with Gasteiger partial charge in [-0.3, -0.25) is 0 Å². The summed E-state index contributed by atoms with van der Waals surface area (Å²) in [6.45, 7) is 0. The van der Waals surface area contributed by atoms with Crippen molar-refractivity contribution in [1.29, 1.82) is 5.26 Å². The fraction of sp³-hybridized carbons (Fsp3) is 0.167. The number of halogens is 3. The van der Waals surface area contributed by atoms with Crippen LogP contribution < -0.4 is 0 Å². The van der Waals surface area contributed by atoms with Crippen LogP contribution in [0.15, 0.2) is 18.2 Å². The standard InChI is InChI=1S/C12H6F3NO2/c1-18-11(17)5-4-9-3-2-8(7-16)6-10(9)12(13,14)15/h2-3,6H,1H3. The number of nitriles is 1. The van der Waals surface area contributed by atoms with Crippen molar-refractivity contribution in [2.45, 2.75) is 6.18 Å². The zero-order valence-corrected chi connectivity index (χ0v) is 9.13. The molecule has 0 atom stereocenters. The Morgan fingerprint density at radius 2 is 2.06 bits per heavy atom. The van der Waals surface area contributed by atoms with Crippen LogP contribution in [-0.2, 0) is 15.7 Å². The Morgan fingerprint density at radius 1 is 1.39 bits per heavy atom. The van der Waals surface area contributed by atoms with E-state index in [-0.39, 0.29) is 11.1 Å². The number of hydrogen-bond acceptors (Lipinski definition) is 3. The van der Waals surface area contributed by atoms with E-state index in [4.69, 9.17) is 5.26 Å². The minimum atomic E-state index is -4.65. The molecule has 1 rings (SSSR count). The van der Waals surface area contributed by atoms with Crippen LogP contribution in [0.4, 0.5) is 13.2 Å². The Balaban J connectivity index is 3.31. The third-order valence-corrected chi connectivity index (χ3v) is 1.94.